The van der Waals surface area contributed by atoms with Gasteiger partial charge >= 0.3 is 5.97 Å². The predicted molar refractivity (Wildman–Crippen MR) is 172 cm³/mol. The molecule has 6 nitrogen and oxygen atoms in total. The minimum atomic E-state index is -0.605. The lowest BCUT2D eigenvalue weighted by atomic mass is 9.34. The van der Waals surface area contributed by atoms with Crippen molar-refractivity contribution in [2.24, 2.45) is 68.3 Å². The van der Waals surface area contributed by atoms with Gasteiger partial charge in [0.05, 0.1) is 37.9 Å². The fourth-order valence-electron chi connectivity index (χ4n) is 11.5. The minimum Gasteiger partial charge on any atom is -0.481 e. The van der Waals surface area contributed by atoms with Gasteiger partial charge in [-0.15, -0.1) is 0 Å². The fraction of sp³-hybridized carbons (Fsp3) is 0.919. The predicted octanol–water partition coefficient (Wildman–Crippen LogP) is 7.35. The van der Waals surface area contributed by atoms with Crippen molar-refractivity contribution in [3.05, 3.63) is 11.6 Å². The summed E-state index contributed by atoms with van der Waals surface area (Å²) in [4.78, 5) is 13.3. The van der Waals surface area contributed by atoms with Crippen molar-refractivity contribution >= 4 is 5.97 Å². The van der Waals surface area contributed by atoms with Gasteiger partial charge in [-0.1, -0.05) is 74.0 Å². The summed E-state index contributed by atoms with van der Waals surface area (Å²) in [6.45, 7) is 24.5. The number of rotatable bonds is 8. The number of aliphatic carboxylic acids is 1. The number of hydrogen-bond acceptors (Lipinski definition) is 5. The summed E-state index contributed by atoms with van der Waals surface area (Å²) in [6.07, 6.45) is 8.36. The second kappa shape index (κ2) is 10.8. The summed E-state index contributed by atoms with van der Waals surface area (Å²) in [7, 11) is 1.84. The van der Waals surface area contributed by atoms with Crippen molar-refractivity contribution in [3.8, 4) is 0 Å². The highest BCUT2D eigenvalue weighted by Gasteiger charge is 2.71. The Morgan fingerprint density at radius 2 is 1.77 bits per heavy atom. The van der Waals surface area contributed by atoms with Gasteiger partial charge in [-0.3, -0.25) is 4.79 Å². The number of allylic oxidation sites excluding steroid dienone is 1. The molecular weight excluding hydrogens is 538 g/mol. The van der Waals surface area contributed by atoms with Crippen LogP contribution in [-0.2, 0) is 19.0 Å². The minimum absolute atomic E-state index is 0.0396. The molecule has 0 aromatic rings. The zero-order valence-corrected chi connectivity index (χ0v) is 29.2. The second-order valence-electron chi connectivity index (χ2n) is 17.7. The molecule has 5 rings (SSSR count). The molecule has 3 saturated carbocycles. The lowest BCUT2D eigenvalue weighted by Gasteiger charge is -2.71. The van der Waals surface area contributed by atoms with Crippen LogP contribution in [0.3, 0.4) is 0 Å². The number of nitrogens with two attached hydrogens (primary N) is 1. The van der Waals surface area contributed by atoms with Crippen LogP contribution in [0.25, 0.3) is 0 Å². The third-order valence-corrected chi connectivity index (χ3v) is 15.3. The van der Waals surface area contributed by atoms with Crippen LogP contribution in [0.15, 0.2) is 11.6 Å². The number of carboxylic acid groups (broad SMARTS) is 1. The van der Waals surface area contributed by atoms with Crippen LogP contribution in [0.4, 0.5) is 0 Å². The smallest absolute Gasteiger partial charge is 0.307 e. The first-order valence-electron chi connectivity index (χ1n) is 17.3. The first kappa shape index (κ1) is 33.4. The maximum atomic E-state index is 13.3. The number of methoxy groups -OCH3 is 1. The van der Waals surface area contributed by atoms with Crippen molar-refractivity contribution in [1.29, 1.82) is 0 Å². The summed E-state index contributed by atoms with van der Waals surface area (Å²) in [6, 6.07) is 0. The van der Waals surface area contributed by atoms with Gasteiger partial charge in [0.25, 0.3) is 0 Å². The van der Waals surface area contributed by atoms with E-state index < -0.39 is 11.5 Å². The summed E-state index contributed by atoms with van der Waals surface area (Å²) >= 11 is 0. The number of hydrogen-bond donors (Lipinski definition) is 2. The molecule has 43 heavy (non-hydrogen) atoms. The molecule has 3 N–H and O–H groups in total. The number of fused-ring (bicyclic) bond motifs is 3. The lowest BCUT2D eigenvalue weighted by molar-refractivity contribution is -0.269. The molecule has 6 heteroatoms. The van der Waals surface area contributed by atoms with Gasteiger partial charge in [0.15, 0.2) is 0 Å². The fourth-order valence-corrected chi connectivity index (χ4v) is 11.5. The lowest BCUT2D eigenvalue weighted by Crippen LogP contribution is -2.70. The van der Waals surface area contributed by atoms with E-state index in [1.165, 1.54) is 0 Å². The van der Waals surface area contributed by atoms with Gasteiger partial charge in [0.2, 0.25) is 0 Å². The summed E-state index contributed by atoms with van der Waals surface area (Å²) in [5, 5.41) is 10.9. The molecule has 0 aromatic heterocycles. The van der Waals surface area contributed by atoms with Crippen LogP contribution in [0.5, 0.6) is 0 Å². The Labute approximate surface area is 262 Å². The zero-order valence-electron chi connectivity index (χ0n) is 29.2. The van der Waals surface area contributed by atoms with E-state index in [0.717, 1.165) is 45.1 Å². The van der Waals surface area contributed by atoms with Crippen molar-refractivity contribution in [2.45, 2.75) is 126 Å². The number of carboxylic acids is 1. The zero-order chi connectivity index (χ0) is 32.0. The molecule has 246 valence electrons. The average Bonchev–Trinajstić information content (AvgIpc) is 2.91. The van der Waals surface area contributed by atoms with E-state index in [2.05, 4.69) is 75.3 Å². The molecule has 0 aromatic carbocycles. The Hall–Kier alpha value is -0.950. The Kier molecular flexibility index (Phi) is 8.40. The van der Waals surface area contributed by atoms with Crippen LogP contribution < -0.4 is 5.73 Å². The van der Waals surface area contributed by atoms with E-state index in [0.29, 0.717) is 42.8 Å². The molecule has 0 spiro atoms. The van der Waals surface area contributed by atoms with E-state index in [9.17, 15) is 9.90 Å². The Balaban J connectivity index is 1.55. The first-order chi connectivity index (χ1) is 19.9. The Morgan fingerprint density at radius 3 is 2.35 bits per heavy atom. The van der Waals surface area contributed by atoms with E-state index in [1.54, 1.807) is 5.57 Å². The average molecular weight is 602 g/mol. The van der Waals surface area contributed by atoms with Crippen LogP contribution in [-0.4, -0.2) is 55.8 Å². The van der Waals surface area contributed by atoms with E-state index >= 15 is 0 Å². The van der Waals surface area contributed by atoms with Crippen LogP contribution in [0, 0.1) is 62.6 Å². The standard InChI is InChI=1S/C37H63NO5/c1-22(2)24(5)32(6)16-17-34(8)25-12-13-28-33(7)19-42-21-37(28,26(25)14-15-35(34,9)29(32)31(39)40)18-27(41-11)30(33)43-20-36(10,38)23(3)4/h14,22-25,27-30H,12-13,15-21,38H2,1-11H3,(H,39,40)/t24-,25+,27-,28+,29-,30+,32-,33?,34-,35+,36-,37+/m1/s1. The highest BCUT2D eigenvalue weighted by Crippen LogP contribution is 2.75. The van der Waals surface area contributed by atoms with Crippen LogP contribution in [0.1, 0.15) is 108 Å². The summed E-state index contributed by atoms with van der Waals surface area (Å²) in [5.74, 6) is 0.907. The topological polar surface area (TPSA) is 91.0 Å². The molecule has 4 fully saturated rings. The molecule has 2 bridgehead atoms. The molecule has 12 atom stereocenters. The summed E-state index contributed by atoms with van der Waals surface area (Å²) in [5.41, 5.74) is 6.91. The van der Waals surface area contributed by atoms with Gasteiger partial charge < -0.3 is 25.1 Å². The van der Waals surface area contributed by atoms with Crippen molar-refractivity contribution in [1.82, 2.24) is 0 Å². The van der Waals surface area contributed by atoms with E-state index in [1.807, 2.05) is 7.11 Å². The van der Waals surface area contributed by atoms with E-state index in [-0.39, 0.29) is 45.2 Å². The van der Waals surface area contributed by atoms with Gasteiger partial charge in [0, 0.05) is 23.5 Å². The molecule has 0 amide bonds. The normalized spacial score (nSPS) is 48.0. The van der Waals surface area contributed by atoms with Gasteiger partial charge in [-0.05, 0) is 91.3 Å². The second-order valence-corrected chi connectivity index (χ2v) is 17.7. The quantitative estimate of drug-likeness (QED) is 0.283. The van der Waals surface area contributed by atoms with Crippen LogP contribution in [0.2, 0.25) is 0 Å². The SMILES string of the molecule is CO[C@@H]1C[C@@]23COCC(C)([C@H]1OC[C@@](C)(N)C(C)C)[C@@H]2CC[C@H]1C3=CC[C@@]2(C)[C@H](C(=O)O)[C@@](C)([C@H](C)C(C)C)CC[C@]12C. The van der Waals surface area contributed by atoms with Crippen molar-refractivity contribution in [3.63, 3.8) is 0 Å². The number of carbonyl (C=O) groups is 1. The van der Waals surface area contributed by atoms with Gasteiger partial charge in [0.1, 0.15) is 0 Å². The third-order valence-electron chi connectivity index (χ3n) is 15.3. The highest BCUT2D eigenvalue weighted by molar-refractivity contribution is 5.73. The maximum Gasteiger partial charge on any atom is 0.307 e. The molecule has 1 unspecified atom stereocenters. The molecule has 1 saturated heterocycles. The summed E-state index contributed by atoms with van der Waals surface area (Å²) < 4.78 is 19.7. The highest BCUT2D eigenvalue weighted by atomic mass is 16.5. The number of ether oxygens (including phenoxy) is 3. The van der Waals surface area contributed by atoms with E-state index in [4.69, 9.17) is 19.9 Å². The van der Waals surface area contributed by atoms with Crippen LogP contribution >= 0.6 is 0 Å². The van der Waals surface area contributed by atoms with Gasteiger partial charge in [-0.25, -0.2) is 0 Å². The van der Waals surface area contributed by atoms with Gasteiger partial charge in [-0.2, -0.15) is 0 Å². The monoisotopic (exact) mass is 601 g/mol. The van der Waals surface area contributed by atoms with Crippen molar-refractivity contribution in [2.75, 3.05) is 26.9 Å². The molecule has 5 aliphatic rings. The molecule has 1 heterocycles. The maximum absolute atomic E-state index is 13.3. The largest absolute Gasteiger partial charge is 0.481 e. The molecule has 0 radical (unpaired) electrons. The molecule has 1 aliphatic heterocycles. The Morgan fingerprint density at radius 1 is 1.09 bits per heavy atom. The third kappa shape index (κ3) is 4.57. The van der Waals surface area contributed by atoms with Crippen molar-refractivity contribution < 1.29 is 24.1 Å². The molecule has 4 aliphatic carbocycles. The first-order valence-corrected chi connectivity index (χ1v) is 17.3. The Bertz CT molecular complexity index is 1120. The molecular formula is C37H63NO5.